The van der Waals surface area contributed by atoms with Crippen molar-refractivity contribution in [1.29, 1.82) is 0 Å². The number of rotatable bonds is 7. The molecular formula is C18H28N2O3S. The van der Waals surface area contributed by atoms with Gasteiger partial charge in [0.1, 0.15) is 0 Å². The van der Waals surface area contributed by atoms with Gasteiger partial charge >= 0.3 is 6.09 Å². The molecule has 2 amide bonds. The van der Waals surface area contributed by atoms with E-state index in [1.807, 2.05) is 51.1 Å². The third-order valence-corrected chi connectivity index (χ3v) is 4.83. The third kappa shape index (κ3) is 6.43. The summed E-state index contributed by atoms with van der Waals surface area (Å²) in [5.41, 5.74) is -0.519. The van der Waals surface area contributed by atoms with Gasteiger partial charge in [0.25, 0.3) is 0 Å². The monoisotopic (exact) mass is 352 g/mol. The van der Waals surface area contributed by atoms with E-state index in [2.05, 4.69) is 0 Å². The lowest BCUT2D eigenvalue weighted by Crippen LogP contribution is -2.52. The van der Waals surface area contributed by atoms with E-state index in [1.165, 1.54) is 4.90 Å². The van der Waals surface area contributed by atoms with Crippen LogP contribution in [0.15, 0.2) is 35.2 Å². The Hall–Kier alpha value is -1.69. The van der Waals surface area contributed by atoms with E-state index in [0.717, 1.165) is 4.90 Å². The molecule has 0 aliphatic rings. The van der Waals surface area contributed by atoms with E-state index < -0.39 is 11.6 Å². The molecule has 1 aromatic rings. The van der Waals surface area contributed by atoms with Crippen LogP contribution in [0.5, 0.6) is 0 Å². The van der Waals surface area contributed by atoms with Crippen molar-refractivity contribution in [2.24, 2.45) is 0 Å². The number of amides is 2. The van der Waals surface area contributed by atoms with Crippen LogP contribution in [-0.4, -0.2) is 58.3 Å². The summed E-state index contributed by atoms with van der Waals surface area (Å²) < 4.78 is 0. The molecule has 0 saturated heterocycles. The molecule has 1 rings (SSSR count). The summed E-state index contributed by atoms with van der Waals surface area (Å²) in [7, 11) is 3.43. The largest absolute Gasteiger partial charge is 0.465 e. The van der Waals surface area contributed by atoms with Crippen LogP contribution in [-0.2, 0) is 4.79 Å². The molecule has 0 heterocycles. The number of carbonyl (C=O) groups is 2. The third-order valence-electron chi connectivity index (χ3n) is 3.67. The second-order valence-electron chi connectivity index (χ2n) is 6.93. The fourth-order valence-corrected chi connectivity index (χ4v) is 3.55. The summed E-state index contributed by atoms with van der Waals surface area (Å²) in [6, 6.07) is 9.67. The van der Waals surface area contributed by atoms with Gasteiger partial charge in [-0.2, -0.15) is 0 Å². The minimum atomic E-state index is -0.946. The van der Waals surface area contributed by atoms with Gasteiger partial charge in [-0.15, -0.1) is 11.8 Å². The van der Waals surface area contributed by atoms with Crippen molar-refractivity contribution in [3.05, 3.63) is 30.3 Å². The van der Waals surface area contributed by atoms with Crippen LogP contribution in [0.3, 0.4) is 0 Å². The van der Waals surface area contributed by atoms with Crippen molar-refractivity contribution < 1.29 is 14.7 Å². The molecule has 5 nitrogen and oxygen atoms in total. The van der Waals surface area contributed by atoms with Crippen molar-refractivity contribution in [1.82, 2.24) is 9.80 Å². The molecule has 0 spiro atoms. The highest BCUT2D eigenvalue weighted by atomic mass is 32.2. The van der Waals surface area contributed by atoms with E-state index in [0.29, 0.717) is 18.6 Å². The Morgan fingerprint density at radius 2 is 1.75 bits per heavy atom. The number of hydrogen-bond donors (Lipinski definition) is 1. The first-order valence-corrected chi connectivity index (χ1v) is 9.01. The first kappa shape index (κ1) is 20.4. The van der Waals surface area contributed by atoms with Crippen molar-refractivity contribution in [2.75, 3.05) is 19.8 Å². The fraction of sp³-hybridized carbons (Fsp3) is 0.556. The Morgan fingerprint density at radius 1 is 1.17 bits per heavy atom. The lowest BCUT2D eigenvalue weighted by molar-refractivity contribution is -0.129. The summed E-state index contributed by atoms with van der Waals surface area (Å²) in [6.07, 6.45) is -0.0914. The SMILES string of the molecule is CN(C)C(=O)CCC(CSc1ccccc1)N(C(=O)O)C(C)(C)C. The van der Waals surface area contributed by atoms with Gasteiger partial charge in [0.2, 0.25) is 5.91 Å². The zero-order valence-electron chi connectivity index (χ0n) is 15.2. The van der Waals surface area contributed by atoms with E-state index in [1.54, 1.807) is 30.8 Å². The molecule has 24 heavy (non-hydrogen) atoms. The molecule has 1 atom stereocenters. The van der Waals surface area contributed by atoms with Gasteiger partial charge in [-0.3, -0.25) is 9.69 Å². The van der Waals surface area contributed by atoms with Crippen LogP contribution in [0.25, 0.3) is 0 Å². The lowest BCUT2D eigenvalue weighted by Gasteiger charge is -2.39. The van der Waals surface area contributed by atoms with E-state index in [9.17, 15) is 14.7 Å². The molecule has 6 heteroatoms. The van der Waals surface area contributed by atoms with Gasteiger partial charge in [-0.25, -0.2) is 4.79 Å². The van der Waals surface area contributed by atoms with Crippen LogP contribution in [0.2, 0.25) is 0 Å². The minimum Gasteiger partial charge on any atom is -0.465 e. The number of nitrogens with zero attached hydrogens (tertiary/aromatic N) is 2. The van der Waals surface area contributed by atoms with Crippen molar-refractivity contribution >= 4 is 23.8 Å². The highest BCUT2D eigenvalue weighted by Gasteiger charge is 2.33. The fourth-order valence-electron chi connectivity index (χ4n) is 2.50. The van der Waals surface area contributed by atoms with Gasteiger partial charge in [-0.05, 0) is 39.3 Å². The van der Waals surface area contributed by atoms with Crippen LogP contribution in [0.1, 0.15) is 33.6 Å². The average Bonchev–Trinajstić information content (AvgIpc) is 2.48. The quantitative estimate of drug-likeness (QED) is 0.758. The standard InChI is InChI=1S/C18H28N2O3S/c1-18(2,3)20(17(22)23)14(11-12-16(21)19(4)5)13-24-15-9-7-6-8-10-15/h6-10,14H,11-13H2,1-5H3,(H,22,23). The summed E-state index contributed by atoms with van der Waals surface area (Å²) in [5.74, 6) is 0.637. The Bertz CT molecular complexity index is 541. The number of carbonyl (C=O) groups excluding carboxylic acids is 1. The maximum atomic E-state index is 11.9. The zero-order chi connectivity index (χ0) is 18.3. The molecule has 0 aliphatic carbocycles. The number of carboxylic acid groups (broad SMARTS) is 1. The molecule has 1 aromatic carbocycles. The van der Waals surface area contributed by atoms with E-state index in [-0.39, 0.29) is 11.9 Å². The highest BCUT2D eigenvalue weighted by Crippen LogP contribution is 2.26. The second kappa shape index (κ2) is 8.97. The Morgan fingerprint density at radius 3 is 2.21 bits per heavy atom. The van der Waals surface area contributed by atoms with E-state index in [4.69, 9.17) is 0 Å². The van der Waals surface area contributed by atoms with Crippen LogP contribution >= 0.6 is 11.8 Å². The van der Waals surface area contributed by atoms with Crippen LogP contribution in [0, 0.1) is 0 Å². The molecule has 0 bridgehead atoms. The first-order chi connectivity index (χ1) is 11.1. The smallest absolute Gasteiger partial charge is 0.408 e. The summed E-state index contributed by atoms with van der Waals surface area (Å²) in [4.78, 5) is 27.8. The predicted octanol–water partition coefficient (Wildman–Crippen LogP) is 3.79. The molecule has 1 N–H and O–H groups in total. The first-order valence-electron chi connectivity index (χ1n) is 8.03. The lowest BCUT2D eigenvalue weighted by atomic mass is 10.0. The van der Waals surface area contributed by atoms with Gasteiger partial charge in [0.15, 0.2) is 0 Å². The van der Waals surface area contributed by atoms with Crippen molar-refractivity contribution in [3.63, 3.8) is 0 Å². The molecule has 0 saturated carbocycles. The van der Waals surface area contributed by atoms with Crippen LogP contribution < -0.4 is 0 Å². The zero-order valence-corrected chi connectivity index (χ0v) is 16.0. The Balaban J connectivity index is 2.88. The molecule has 0 fully saturated rings. The summed E-state index contributed by atoms with van der Waals surface area (Å²) in [6.45, 7) is 5.65. The van der Waals surface area contributed by atoms with Crippen molar-refractivity contribution in [3.8, 4) is 0 Å². The molecule has 0 aromatic heterocycles. The van der Waals surface area contributed by atoms with Gasteiger partial charge in [0.05, 0.1) is 0 Å². The topological polar surface area (TPSA) is 60.9 Å². The Labute approximate surface area is 149 Å². The molecule has 134 valence electrons. The molecule has 1 unspecified atom stereocenters. The molecular weight excluding hydrogens is 324 g/mol. The van der Waals surface area contributed by atoms with E-state index >= 15 is 0 Å². The molecule has 0 radical (unpaired) electrons. The summed E-state index contributed by atoms with van der Waals surface area (Å²) in [5, 5.41) is 9.67. The predicted molar refractivity (Wildman–Crippen MR) is 98.5 cm³/mol. The number of hydrogen-bond acceptors (Lipinski definition) is 3. The highest BCUT2D eigenvalue weighted by molar-refractivity contribution is 7.99. The number of benzene rings is 1. The van der Waals surface area contributed by atoms with Gasteiger partial charge in [-0.1, -0.05) is 18.2 Å². The average molecular weight is 353 g/mol. The van der Waals surface area contributed by atoms with Crippen molar-refractivity contribution in [2.45, 2.75) is 50.1 Å². The summed E-state index contributed by atoms with van der Waals surface area (Å²) >= 11 is 1.62. The van der Waals surface area contributed by atoms with Crippen LogP contribution in [0.4, 0.5) is 4.79 Å². The molecule has 0 aliphatic heterocycles. The maximum absolute atomic E-state index is 11.9. The number of thioether (sulfide) groups is 1. The maximum Gasteiger partial charge on any atom is 0.408 e. The van der Waals surface area contributed by atoms with Gasteiger partial charge in [0, 0.05) is 42.7 Å². The normalized spacial score (nSPS) is 12.5. The minimum absolute atomic E-state index is 0.0176. The Kier molecular flexibility index (Phi) is 7.60. The van der Waals surface area contributed by atoms with Gasteiger partial charge < -0.3 is 10.0 Å². The second-order valence-corrected chi connectivity index (χ2v) is 8.02.